The van der Waals surface area contributed by atoms with E-state index in [1.807, 2.05) is 23.1 Å². The number of amides is 2. The van der Waals surface area contributed by atoms with Crippen LogP contribution in [0.25, 0.3) is 0 Å². The van der Waals surface area contributed by atoms with E-state index in [-0.39, 0.29) is 29.3 Å². The summed E-state index contributed by atoms with van der Waals surface area (Å²) in [5.41, 5.74) is 0.773. The molecule has 0 aromatic heterocycles. The summed E-state index contributed by atoms with van der Waals surface area (Å²) in [5.74, 6) is 0.183. The third-order valence-corrected chi connectivity index (χ3v) is 5.79. The Morgan fingerprint density at radius 3 is 2.62 bits per heavy atom. The fraction of sp³-hybridized carbons (Fsp3) is 0.600. The maximum absolute atomic E-state index is 12.4. The van der Waals surface area contributed by atoms with Crippen LogP contribution < -0.4 is 5.32 Å². The molecule has 6 nitrogen and oxygen atoms in total. The maximum Gasteiger partial charge on any atom is 0.220 e. The molecule has 2 saturated heterocycles. The largest absolute Gasteiger partial charge is 0.383 e. The number of nitrogens with one attached hydrogen (secondary N) is 1. The molecule has 0 unspecified atom stereocenters. The van der Waals surface area contributed by atoms with Gasteiger partial charge in [-0.15, -0.1) is 0 Å². The van der Waals surface area contributed by atoms with E-state index in [1.165, 1.54) is 0 Å². The molecule has 2 amide bonds. The monoisotopic (exact) mass is 359 g/mol. The lowest BCUT2D eigenvalue weighted by molar-refractivity contribution is -0.130. The van der Waals surface area contributed by atoms with Gasteiger partial charge < -0.3 is 19.9 Å². The highest BCUT2D eigenvalue weighted by Crippen LogP contribution is 2.47. The van der Waals surface area contributed by atoms with Crippen molar-refractivity contribution in [2.45, 2.75) is 31.8 Å². The average molecular weight is 359 g/mol. The minimum absolute atomic E-state index is 0.0223. The van der Waals surface area contributed by atoms with Crippen molar-refractivity contribution in [1.82, 2.24) is 15.1 Å². The number of nitrogens with zero attached hydrogens (tertiary/aromatic N) is 2. The third-order valence-electron chi connectivity index (χ3n) is 5.79. The predicted molar refractivity (Wildman–Crippen MR) is 99.5 cm³/mol. The van der Waals surface area contributed by atoms with E-state index < -0.39 is 0 Å². The Morgan fingerprint density at radius 1 is 1.27 bits per heavy atom. The van der Waals surface area contributed by atoms with Gasteiger partial charge in [0.15, 0.2) is 0 Å². The van der Waals surface area contributed by atoms with Gasteiger partial charge in [-0.2, -0.15) is 0 Å². The van der Waals surface area contributed by atoms with Crippen molar-refractivity contribution >= 4 is 11.8 Å². The van der Waals surface area contributed by atoms with E-state index >= 15 is 0 Å². The molecule has 6 heteroatoms. The molecular formula is C20H29N3O3. The highest BCUT2D eigenvalue weighted by Gasteiger charge is 2.56. The molecule has 3 atom stereocenters. The molecule has 1 N–H and O–H groups in total. The van der Waals surface area contributed by atoms with Crippen LogP contribution in [0.4, 0.5) is 0 Å². The molecule has 1 aromatic carbocycles. The van der Waals surface area contributed by atoms with Crippen molar-refractivity contribution in [2.24, 2.45) is 5.92 Å². The number of rotatable bonds is 5. The van der Waals surface area contributed by atoms with E-state index in [2.05, 4.69) is 22.3 Å². The van der Waals surface area contributed by atoms with E-state index in [0.29, 0.717) is 13.2 Å². The number of benzene rings is 1. The standard InChI is InChI=1S/C20H29N3O3/c1-15(24)21-20-9-10-22(11-12-26-3)13-18(20)19(23(14-20)16(2)25)17-7-5-4-6-8-17/h4-8,18-19H,9-14H2,1-3H3,(H,21,24)/t18-,19-,20-/m1/s1. The lowest BCUT2D eigenvalue weighted by atomic mass is 9.75. The summed E-state index contributed by atoms with van der Waals surface area (Å²) in [6.07, 6.45) is 0.841. The van der Waals surface area contributed by atoms with Crippen molar-refractivity contribution in [3.8, 4) is 0 Å². The van der Waals surface area contributed by atoms with Gasteiger partial charge in [-0.1, -0.05) is 30.3 Å². The molecule has 3 rings (SSSR count). The molecule has 2 heterocycles. The Kier molecular flexibility index (Phi) is 5.63. The van der Waals surface area contributed by atoms with E-state index in [4.69, 9.17) is 4.74 Å². The summed E-state index contributed by atoms with van der Waals surface area (Å²) in [7, 11) is 1.71. The Balaban J connectivity index is 1.97. The number of carbonyl (C=O) groups is 2. The van der Waals surface area contributed by atoms with Gasteiger partial charge in [-0.25, -0.2) is 0 Å². The van der Waals surface area contributed by atoms with Crippen LogP contribution in [0.5, 0.6) is 0 Å². The second-order valence-corrected chi connectivity index (χ2v) is 7.49. The average Bonchev–Trinajstić information content (AvgIpc) is 2.94. The Morgan fingerprint density at radius 2 is 2.00 bits per heavy atom. The van der Waals surface area contributed by atoms with Gasteiger partial charge in [-0.05, 0) is 12.0 Å². The van der Waals surface area contributed by atoms with Gasteiger partial charge in [0.2, 0.25) is 11.8 Å². The first-order chi connectivity index (χ1) is 12.5. The molecule has 0 bridgehead atoms. The minimum atomic E-state index is -0.360. The van der Waals surface area contributed by atoms with Crippen molar-refractivity contribution in [2.75, 3.05) is 39.9 Å². The molecule has 0 saturated carbocycles. The number of likely N-dealkylation sites (tertiary alicyclic amines) is 2. The van der Waals surface area contributed by atoms with Crippen molar-refractivity contribution in [3.05, 3.63) is 35.9 Å². The van der Waals surface area contributed by atoms with Gasteiger partial charge in [0, 0.05) is 53.1 Å². The van der Waals surface area contributed by atoms with E-state index in [0.717, 1.165) is 31.6 Å². The predicted octanol–water partition coefficient (Wildman–Crippen LogP) is 1.43. The Bertz CT molecular complexity index is 651. The molecule has 26 heavy (non-hydrogen) atoms. The van der Waals surface area contributed by atoms with Crippen LogP contribution in [-0.2, 0) is 14.3 Å². The third kappa shape index (κ3) is 3.62. The molecule has 0 aliphatic carbocycles. The number of hydrogen-bond acceptors (Lipinski definition) is 4. The van der Waals surface area contributed by atoms with E-state index in [9.17, 15) is 9.59 Å². The fourth-order valence-electron chi connectivity index (χ4n) is 4.64. The van der Waals surface area contributed by atoms with Crippen LogP contribution >= 0.6 is 0 Å². The number of fused-ring (bicyclic) bond motifs is 1. The van der Waals surface area contributed by atoms with Crippen molar-refractivity contribution in [1.29, 1.82) is 0 Å². The molecular weight excluding hydrogens is 330 g/mol. The zero-order chi connectivity index (χ0) is 18.7. The van der Waals surface area contributed by atoms with Crippen LogP contribution in [0.15, 0.2) is 30.3 Å². The first-order valence-corrected chi connectivity index (χ1v) is 9.29. The molecule has 142 valence electrons. The van der Waals surface area contributed by atoms with Crippen LogP contribution in [0.1, 0.15) is 31.9 Å². The molecule has 2 aliphatic rings. The molecule has 2 fully saturated rings. The lowest BCUT2D eigenvalue weighted by Gasteiger charge is -2.45. The summed E-state index contributed by atoms with van der Waals surface area (Å²) in [5, 5.41) is 3.23. The van der Waals surface area contributed by atoms with Gasteiger partial charge in [0.05, 0.1) is 18.2 Å². The first-order valence-electron chi connectivity index (χ1n) is 9.29. The van der Waals surface area contributed by atoms with Gasteiger partial charge in [0.1, 0.15) is 0 Å². The summed E-state index contributed by atoms with van der Waals surface area (Å²) in [4.78, 5) is 28.7. The zero-order valence-corrected chi connectivity index (χ0v) is 15.9. The highest BCUT2D eigenvalue weighted by molar-refractivity contribution is 5.77. The minimum Gasteiger partial charge on any atom is -0.383 e. The molecule has 0 radical (unpaired) electrons. The SMILES string of the molecule is COCCN1CC[C@@]2(NC(C)=O)CN(C(C)=O)[C@H](c3ccccc3)[C@H]2C1. The fourth-order valence-corrected chi connectivity index (χ4v) is 4.64. The quantitative estimate of drug-likeness (QED) is 0.864. The second-order valence-electron chi connectivity index (χ2n) is 7.49. The summed E-state index contributed by atoms with van der Waals surface area (Å²) < 4.78 is 5.24. The number of piperidine rings is 1. The van der Waals surface area contributed by atoms with Gasteiger partial charge in [0.25, 0.3) is 0 Å². The van der Waals surface area contributed by atoms with E-state index in [1.54, 1.807) is 21.0 Å². The van der Waals surface area contributed by atoms with Crippen molar-refractivity contribution < 1.29 is 14.3 Å². The zero-order valence-electron chi connectivity index (χ0n) is 15.9. The summed E-state index contributed by atoms with van der Waals surface area (Å²) >= 11 is 0. The number of carbonyl (C=O) groups excluding carboxylic acids is 2. The topological polar surface area (TPSA) is 61.9 Å². The first kappa shape index (κ1) is 18.9. The van der Waals surface area contributed by atoms with Crippen molar-refractivity contribution in [3.63, 3.8) is 0 Å². The molecule has 2 aliphatic heterocycles. The number of hydrogen-bond donors (Lipinski definition) is 1. The number of ether oxygens (including phenoxy) is 1. The van der Waals surface area contributed by atoms with Crippen LogP contribution in [0.2, 0.25) is 0 Å². The normalized spacial score (nSPS) is 28.7. The summed E-state index contributed by atoms with van der Waals surface area (Å²) in [6, 6.07) is 10.2. The maximum atomic E-state index is 12.4. The second kappa shape index (κ2) is 7.76. The van der Waals surface area contributed by atoms with Gasteiger partial charge in [-0.3, -0.25) is 9.59 Å². The van der Waals surface area contributed by atoms with Gasteiger partial charge >= 0.3 is 0 Å². The Labute approximate surface area is 155 Å². The highest BCUT2D eigenvalue weighted by atomic mass is 16.5. The van der Waals surface area contributed by atoms with Crippen LogP contribution in [-0.4, -0.2) is 67.0 Å². The molecule has 0 spiro atoms. The van der Waals surface area contributed by atoms with Crippen LogP contribution in [0, 0.1) is 5.92 Å². The van der Waals surface area contributed by atoms with Crippen LogP contribution in [0.3, 0.4) is 0 Å². The summed E-state index contributed by atoms with van der Waals surface area (Å²) in [6.45, 7) is 7.05. The number of methoxy groups -OCH3 is 1. The lowest BCUT2D eigenvalue weighted by Crippen LogP contribution is -2.61. The molecule has 1 aromatic rings. The Hall–Kier alpha value is -1.92. The smallest absolute Gasteiger partial charge is 0.220 e.